The quantitative estimate of drug-likeness (QED) is 0.425. The fraction of sp³-hybridized carbons (Fsp3) is 0.778. The molecule has 0 atom stereocenters. The van der Waals surface area contributed by atoms with Crippen LogP contribution in [0.5, 0.6) is 0 Å². The summed E-state index contributed by atoms with van der Waals surface area (Å²) in [5, 5.41) is 0. The van der Waals surface area contributed by atoms with E-state index in [9.17, 15) is 0 Å². The van der Waals surface area contributed by atoms with Crippen molar-refractivity contribution >= 4 is 0 Å². The summed E-state index contributed by atoms with van der Waals surface area (Å²) >= 11 is 0. The van der Waals surface area contributed by atoms with Crippen molar-refractivity contribution < 1.29 is 0 Å². The summed E-state index contributed by atoms with van der Waals surface area (Å²) in [7, 11) is 0. The van der Waals surface area contributed by atoms with E-state index < -0.39 is 0 Å². The van der Waals surface area contributed by atoms with Gasteiger partial charge in [-0.05, 0) is 38.5 Å². The molecule has 0 heteroatoms. The maximum absolute atomic E-state index is 4.21. The smallest absolute Gasteiger partial charge is 0.0286 e. The van der Waals surface area contributed by atoms with Crippen molar-refractivity contribution in [1.82, 2.24) is 0 Å². The summed E-state index contributed by atoms with van der Waals surface area (Å²) in [4.78, 5) is 0. The van der Waals surface area contributed by atoms with Gasteiger partial charge in [-0.15, -0.1) is 0 Å². The van der Waals surface area contributed by atoms with Crippen molar-refractivity contribution in [3.63, 3.8) is 0 Å². The van der Waals surface area contributed by atoms with E-state index in [-0.39, 0.29) is 0 Å². The van der Waals surface area contributed by atoms with Gasteiger partial charge in [0.2, 0.25) is 0 Å². The van der Waals surface area contributed by atoms with Crippen molar-refractivity contribution in [2.75, 3.05) is 0 Å². The number of allylic oxidation sites excluding steroid dienone is 2. The van der Waals surface area contributed by atoms with Crippen LogP contribution in [0.4, 0.5) is 0 Å². The molecule has 0 aliphatic heterocycles. The van der Waals surface area contributed by atoms with E-state index >= 15 is 0 Å². The molecule has 104 valence electrons. The molecule has 0 saturated heterocycles. The third kappa shape index (κ3) is 8.55. The third-order valence-corrected chi connectivity index (χ3v) is 4.14. The van der Waals surface area contributed by atoms with Crippen LogP contribution in [0, 0.1) is 0 Å². The summed E-state index contributed by atoms with van der Waals surface area (Å²) in [6.45, 7) is 8.42. The Bertz CT molecular complexity index is 210. The molecule has 0 spiro atoms. The highest BCUT2D eigenvalue weighted by atomic mass is 14.1. The molecule has 0 unspecified atom stereocenters. The average Bonchev–Trinajstić information content (AvgIpc) is 2.36. The maximum Gasteiger partial charge on any atom is -0.0286 e. The molecule has 1 fully saturated rings. The Balaban J connectivity index is 2.23. The van der Waals surface area contributed by atoms with Gasteiger partial charge in [-0.25, -0.2) is 0 Å². The molecule has 1 aliphatic carbocycles. The summed E-state index contributed by atoms with van der Waals surface area (Å²) in [6, 6.07) is 0. The first-order valence-electron chi connectivity index (χ1n) is 8.12. The molecular weight excluding hydrogens is 216 g/mol. The Morgan fingerprint density at radius 1 is 0.389 bits per heavy atom. The Kier molecular flexibility index (Phi) is 8.98. The van der Waals surface area contributed by atoms with Crippen LogP contribution in [-0.2, 0) is 0 Å². The molecule has 0 nitrogen and oxygen atoms in total. The van der Waals surface area contributed by atoms with Crippen LogP contribution < -0.4 is 0 Å². The van der Waals surface area contributed by atoms with Crippen LogP contribution in [0.2, 0.25) is 0 Å². The highest BCUT2D eigenvalue weighted by Crippen LogP contribution is 2.20. The predicted octanol–water partition coefficient (Wildman–Crippen LogP) is 6.57. The van der Waals surface area contributed by atoms with Crippen LogP contribution in [0.15, 0.2) is 24.3 Å². The second-order valence-electron chi connectivity index (χ2n) is 6.04. The normalized spacial score (nSPS) is 22.9. The zero-order valence-electron chi connectivity index (χ0n) is 12.3. The second-order valence-corrected chi connectivity index (χ2v) is 6.04. The largest absolute Gasteiger partial charge is 0.0999 e. The fourth-order valence-electron chi connectivity index (χ4n) is 2.77. The monoisotopic (exact) mass is 248 g/mol. The fourth-order valence-corrected chi connectivity index (χ4v) is 2.77. The topological polar surface area (TPSA) is 0 Å². The second kappa shape index (κ2) is 10.4. The molecule has 0 N–H and O–H groups in total. The van der Waals surface area contributed by atoms with Crippen LogP contribution in [0.3, 0.4) is 0 Å². The maximum atomic E-state index is 4.21. The van der Waals surface area contributed by atoms with E-state index in [1.54, 1.807) is 0 Å². The standard InChI is InChI=1S/C18H32/c1-17-13-11-9-7-5-3-4-6-8-10-12-14-18(2)16-15-17/h1-16H2. The Morgan fingerprint density at radius 3 is 1.00 bits per heavy atom. The van der Waals surface area contributed by atoms with Gasteiger partial charge in [-0.3, -0.25) is 0 Å². The van der Waals surface area contributed by atoms with E-state index in [0.717, 1.165) is 0 Å². The van der Waals surface area contributed by atoms with Crippen LogP contribution in [0.25, 0.3) is 0 Å². The first-order valence-corrected chi connectivity index (χ1v) is 8.12. The zero-order chi connectivity index (χ0) is 13.1. The molecule has 18 heavy (non-hydrogen) atoms. The molecule has 0 aromatic heterocycles. The minimum atomic E-state index is 1.18. The van der Waals surface area contributed by atoms with Crippen LogP contribution >= 0.6 is 0 Å². The van der Waals surface area contributed by atoms with E-state index in [1.807, 2.05) is 0 Å². The molecular formula is C18H32. The van der Waals surface area contributed by atoms with E-state index in [4.69, 9.17) is 0 Å². The van der Waals surface area contributed by atoms with E-state index in [1.165, 1.54) is 101 Å². The average molecular weight is 248 g/mol. The SMILES string of the molecule is C=C1CCCCCCCCCCCCC(=C)CC1. The van der Waals surface area contributed by atoms with Gasteiger partial charge in [0.05, 0.1) is 0 Å². The predicted molar refractivity (Wildman–Crippen MR) is 82.9 cm³/mol. The molecule has 0 bridgehead atoms. The first kappa shape index (κ1) is 15.5. The van der Waals surface area contributed by atoms with Crippen molar-refractivity contribution in [2.24, 2.45) is 0 Å². The molecule has 0 aromatic rings. The molecule has 1 rings (SSSR count). The molecule has 0 amide bonds. The summed E-state index contributed by atoms with van der Waals surface area (Å²) in [5.41, 5.74) is 2.89. The van der Waals surface area contributed by atoms with Gasteiger partial charge in [0.1, 0.15) is 0 Å². The molecule has 0 heterocycles. The number of hydrogen-bond donors (Lipinski definition) is 0. The third-order valence-electron chi connectivity index (χ3n) is 4.14. The van der Waals surface area contributed by atoms with Crippen molar-refractivity contribution in [1.29, 1.82) is 0 Å². The number of hydrogen-bond acceptors (Lipinski definition) is 0. The van der Waals surface area contributed by atoms with E-state index in [0.29, 0.717) is 0 Å². The molecule has 0 aromatic carbocycles. The van der Waals surface area contributed by atoms with Crippen LogP contribution in [-0.4, -0.2) is 0 Å². The van der Waals surface area contributed by atoms with Gasteiger partial charge in [-0.1, -0.05) is 75.7 Å². The van der Waals surface area contributed by atoms with Crippen molar-refractivity contribution in [3.8, 4) is 0 Å². The van der Waals surface area contributed by atoms with E-state index in [2.05, 4.69) is 13.2 Å². The van der Waals surface area contributed by atoms with Gasteiger partial charge in [0, 0.05) is 0 Å². The lowest BCUT2D eigenvalue weighted by Crippen LogP contribution is -1.90. The summed E-state index contributed by atoms with van der Waals surface area (Å²) in [5.74, 6) is 0. The van der Waals surface area contributed by atoms with Gasteiger partial charge in [-0.2, -0.15) is 0 Å². The molecule has 0 radical (unpaired) electrons. The van der Waals surface area contributed by atoms with Gasteiger partial charge in [0.25, 0.3) is 0 Å². The van der Waals surface area contributed by atoms with Gasteiger partial charge >= 0.3 is 0 Å². The zero-order valence-corrected chi connectivity index (χ0v) is 12.3. The van der Waals surface area contributed by atoms with Crippen molar-refractivity contribution in [3.05, 3.63) is 24.3 Å². The Morgan fingerprint density at radius 2 is 0.667 bits per heavy atom. The Labute approximate surface area is 115 Å². The molecule has 1 saturated carbocycles. The van der Waals surface area contributed by atoms with Crippen molar-refractivity contribution in [2.45, 2.75) is 89.9 Å². The highest BCUT2D eigenvalue weighted by molar-refractivity contribution is 5.02. The minimum Gasteiger partial charge on any atom is -0.0999 e. The first-order chi connectivity index (χ1) is 8.79. The van der Waals surface area contributed by atoms with Crippen LogP contribution in [0.1, 0.15) is 89.9 Å². The number of rotatable bonds is 0. The minimum absolute atomic E-state index is 1.18. The van der Waals surface area contributed by atoms with Gasteiger partial charge < -0.3 is 0 Å². The molecule has 1 aliphatic rings. The summed E-state index contributed by atoms with van der Waals surface area (Å²) in [6.07, 6.45) is 19.0. The lowest BCUT2D eigenvalue weighted by atomic mass is 9.97. The lowest BCUT2D eigenvalue weighted by Gasteiger charge is -2.09. The lowest BCUT2D eigenvalue weighted by molar-refractivity contribution is 0.545. The Hall–Kier alpha value is -0.520. The highest BCUT2D eigenvalue weighted by Gasteiger charge is 2.01. The van der Waals surface area contributed by atoms with Gasteiger partial charge in [0.15, 0.2) is 0 Å². The summed E-state index contributed by atoms with van der Waals surface area (Å²) < 4.78 is 0.